The lowest BCUT2D eigenvalue weighted by Crippen LogP contribution is -2.15. The van der Waals surface area contributed by atoms with E-state index in [1.54, 1.807) is 0 Å². The van der Waals surface area contributed by atoms with Gasteiger partial charge in [0, 0.05) is 17.9 Å². The van der Waals surface area contributed by atoms with Gasteiger partial charge in [-0.3, -0.25) is 4.98 Å². The quantitative estimate of drug-likeness (QED) is 0.806. The molecule has 1 aromatic rings. The van der Waals surface area contributed by atoms with Gasteiger partial charge in [0.05, 0.1) is 0 Å². The molecule has 1 saturated carbocycles. The zero-order valence-electron chi connectivity index (χ0n) is 10.9. The van der Waals surface area contributed by atoms with Crippen LogP contribution in [0, 0.1) is 12.8 Å². The van der Waals surface area contributed by atoms with Gasteiger partial charge in [-0.25, -0.2) is 0 Å². The van der Waals surface area contributed by atoms with Gasteiger partial charge in [-0.2, -0.15) is 0 Å². The third kappa shape index (κ3) is 3.81. The van der Waals surface area contributed by atoms with Gasteiger partial charge in [0.25, 0.3) is 0 Å². The van der Waals surface area contributed by atoms with Crippen molar-refractivity contribution in [3.05, 3.63) is 29.6 Å². The van der Waals surface area contributed by atoms with E-state index < -0.39 is 0 Å². The van der Waals surface area contributed by atoms with Gasteiger partial charge in [-0.1, -0.05) is 44.6 Å². The Morgan fingerprint density at radius 1 is 1.24 bits per heavy atom. The summed E-state index contributed by atoms with van der Waals surface area (Å²) in [6.45, 7) is 2.01. The molecule has 2 N–H and O–H groups in total. The molecule has 1 aliphatic rings. The van der Waals surface area contributed by atoms with Crippen molar-refractivity contribution < 1.29 is 0 Å². The van der Waals surface area contributed by atoms with E-state index in [4.69, 9.17) is 5.73 Å². The smallest absolute Gasteiger partial charge is 0.0372 e. The van der Waals surface area contributed by atoms with Gasteiger partial charge in [-0.05, 0) is 30.9 Å². The molecule has 1 aromatic heterocycles. The predicted octanol–water partition coefficient (Wildman–Crippen LogP) is 3.75. The van der Waals surface area contributed by atoms with Crippen molar-refractivity contribution in [2.24, 2.45) is 11.7 Å². The minimum absolute atomic E-state index is 0.172. The van der Waals surface area contributed by atoms with Crippen LogP contribution in [0.15, 0.2) is 18.3 Å². The second-order valence-electron chi connectivity index (χ2n) is 5.43. The standard InChI is InChI=1S/C15H24N2/c1-12-8-9-14(11-17-12)15(16)10-13-6-4-2-3-5-7-13/h8-9,11,13,15H,2-7,10,16H2,1H3. The van der Waals surface area contributed by atoms with Gasteiger partial charge >= 0.3 is 0 Å². The summed E-state index contributed by atoms with van der Waals surface area (Å²) in [7, 11) is 0. The summed E-state index contributed by atoms with van der Waals surface area (Å²) in [5.41, 5.74) is 8.55. The number of nitrogens with zero attached hydrogens (tertiary/aromatic N) is 1. The Balaban J connectivity index is 1.91. The van der Waals surface area contributed by atoms with Crippen molar-refractivity contribution >= 4 is 0 Å². The molecule has 2 nitrogen and oxygen atoms in total. The summed E-state index contributed by atoms with van der Waals surface area (Å²) in [5.74, 6) is 0.828. The number of pyridine rings is 1. The molecule has 1 fully saturated rings. The van der Waals surface area contributed by atoms with Gasteiger partial charge in [0.1, 0.15) is 0 Å². The van der Waals surface area contributed by atoms with Crippen LogP contribution < -0.4 is 5.73 Å². The van der Waals surface area contributed by atoms with E-state index in [-0.39, 0.29) is 6.04 Å². The predicted molar refractivity (Wildman–Crippen MR) is 71.7 cm³/mol. The molecule has 0 spiro atoms. The number of aryl methyl sites for hydroxylation is 1. The second kappa shape index (κ2) is 6.15. The lowest BCUT2D eigenvalue weighted by Gasteiger charge is -2.19. The molecular formula is C15H24N2. The summed E-state index contributed by atoms with van der Waals surface area (Å²) in [4.78, 5) is 4.33. The van der Waals surface area contributed by atoms with E-state index >= 15 is 0 Å². The normalized spacial score (nSPS) is 19.9. The molecular weight excluding hydrogens is 208 g/mol. The lowest BCUT2D eigenvalue weighted by atomic mass is 9.90. The van der Waals surface area contributed by atoms with E-state index in [1.807, 2.05) is 13.1 Å². The first-order chi connectivity index (χ1) is 8.25. The maximum Gasteiger partial charge on any atom is 0.0372 e. The van der Waals surface area contributed by atoms with Gasteiger partial charge in [-0.15, -0.1) is 0 Å². The highest BCUT2D eigenvalue weighted by Gasteiger charge is 2.16. The monoisotopic (exact) mass is 232 g/mol. The van der Waals surface area contributed by atoms with Crippen LogP contribution in [-0.4, -0.2) is 4.98 Å². The van der Waals surface area contributed by atoms with Crippen LogP contribution in [0.3, 0.4) is 0 Å². The van der Waals surface area contributed by atoms with Crippen LogP contribution in [0.2, 0.25) is 0 Å². The average molecular weight is 232 g/mol. The Labute approximate surface area is 105 Å². The molecule has 0 aliphatic heterocycles. The summed E-state index contributed by atoms with van der Waals surface area (Å²) in [6, 6.07) is 4.36. The fourth-order valence-electron chi connectivity index (χ4n) is 2.79. The Morgan fingerprint density at radius 3 is 2.53 bits per heavy atom. The molecule has 94 valence electrons. The van der Waals surface area contributed by atoms with E-state index in [1.165, 1.54) is 44.1 Å². The molecule has 1 unspecified atom stereocenters. The van der Waals surface area contributed by atoms with E-state index in [0.29, 0.717) is 0 Å². The largest absolute Gasteiger partial charge is 0.324 e. The van der Waals surface area contributed by atoms with Crippen LogP contribution in [0.1, 0.15) is 62.2 Å². The summed E-state index contributed by atoms with van der Waals surface area (Å²) in [5, 5.41) is 0. The van der Waals surface area contributed by atoms with Crippen LogP contribution >= 0.6 is 0 Å². The zero-order valence-corrected chi connectivity index (χ0v) is 10.9. The first kappa shape index (κ1) is 12.6. The molecule has 17 heavy (non-hydrogen) atoms. The highest BCUT2D eigenvalue weighted by molar-refractivity contribution is 5.16. The van der Waals surface area contributed by atoms with Crippen LogP contribution in [0.25, 0.3) is 0 Å². The maximum atomic E-state index is 6.29. The summed E-state index contributed by atoms with van der Waals surface area (Å²) in [6.07, 6.45) is 11.4. The molecule has 2 rings (SSSR count). The van der Waals surface area contributed by atoms with Gasteiger partial charge in [0.2, 0.25) is 0 Å². The third-order valence-corrected chi connectivity index (χ3v) is 3.92. The fourth-order valence-corrected chi connectivity index (χ4v) is 2.79. The molecule has 1 aliphatic carbocycles. The summed E-state index contributed by atoms with van der Waals surface area (Å²) >= 11 is 0. The Hall–Kier alpha value is -0.890. The van der Waals surface area contributed by atoms with Crippen LogP contribution in [0.4, 0.5) is 0 Å². The highest BCUT2D eigenvalue weighted by Crippen LogP contribution is 2.29. The van der Waals surface area contributed by atoms with E-state index in [0.717, 1.165) is 18.0 Å². The van der Waals surface area contributed by atoms with Crippen LogP contribution in [0.5, 0.6) is 0 Å². The SMILES string of the molecule is Cc1ccc(C(N)CC2CCCCCC2)cn1. The lowest BCUT2D eigenvalue weighted by molar-refractivity contribution is 0.392. The van der Waals surface area contributed by atoms with Crippen molar-refractivity contribution in [1.29, 1.82) is 0 Å². The molecule has 1 atom stereocenters. The van der Waals surface area contributed by atoms with Crippen molar-refractivity contribution in [2.75, 3.05) is 0 Å². The Bertz CT molecular complexity index is 323. The second-order valence-corrected chi connectivity index (χ2v) is 5.43. The average Bonchev–Trinajstić information content (AvgIpc) is 2.58. The molecule has 0 saturated heterocycles. The third-order valence-electron chi connectivity index (χ3n) is 3.92. The number of hydrogen-bond donors (Lipinski definition) is 1. The molecule has 2 heteroatoms. The minimum Gasteiger partial charge on any atom is -0.324 e. The topological polar surface area (TPSA) is 38.9 Å². The Morgan fingerprint density at radius 2 is 1.94 bits per heavy atom. The number of aromatic nitrogens is 1. The maximum absolute atomic E-state index is 6.29. The first-order valence-electron chi connectivity index (χ1n) is 6.94. The van der Waals surface area contributed by atoms with Gasteiger partial charge in [0.15, 0.2) is 0 Å². The number of rotatable bonds is 3. The molecule has 0 radical (unpaired) electrons. The number of nitrogens with two attached hydrogens (primary N) is 1. The molecule has 0 aromatic carbocycles. The number of hydrogen-bond acceptors (Lipinski definition) is 2. The highest BCUT2D eigenvalue weighted by atomic mass is 14.7. The minimum atomic E-state index is 0.172. The Kier molecular flexibility index (Phi) is 4.55. The van der Waals surface area contributed by atoms with Crippen molar-refractivity contribution in [2.45, 2.75) is 57.9 Å². The first-order valence-corrected chi connectivity index (χ1v) is 6.94. The molecule has 0 bridgehead atoms. The van der Waals surface area contributed by atoms with E-state index in [9.17, 15) is 0 Å². The van der Waals surface area contributed by atoms with E-state index in [2.05, 4.69) is 17.1 Å². The van der Waals surface area contributed by atoms with Crippen molar-refractivity contribution in [3.63, 3.8) is 0 Å². The van der Waals surface area contributed by atoms with Gasteiger partial charge < -0.3 is 5.73 Å². The van der Waals surface area contributed by atoms with Crippen LogP contribution in [-0.2, 0) is 0 Å². The fraction of sp³-hybridized carbons (Fsp3) is 0.667. The molecule has 1 heterocycles. The van der Waals surface area contributed by atoms with Crippen molar-refractivity contribution in [1.82, 2.24) is 4.98 Å². The zero-order chi connectivity index (χ0) is 12.1. The summed E-state index contributed by atoms with van der Waals surface area (Å²) < 4.78 is 0. The van der Waals surface area contributed by atoms with Crippen molar-refractivity contribution in [3.8, 4) is 0 Å². The molecule has 0 amide bonds.